The first-order valence-corrected chi connectivity index (χ1v) is 7.13. The molecule has 16 heavy (non-hydrogen) atoms. The summed E-state index contributed by atoms with van der Waals surface area (Å²) in [5.41, 5.74) is 1.04. The van der Waals surface area contributed by atoms with E-state index >= 15 is 0 Å². The zero-order valence-corrected chi connectivity index (χ0v) is 10.7. The third kappa shape index (κ3) is 3.30. The van der Waals surface area contributed by atoms with Crippen molar-refractivity contribution in [3.63, 3.8) is 0 Å². The van der Waals surface area contributed by atoms with Gasteiger partial charge in [0, 0.05) is 12.6 Å². The molecule has 0 radical (unpaired) electrons. The summed E-state index contributed by atoms with van der Waals surface area (Å²) in [6, 6.07) is 2.61. The number of hydrogen-bond acceptors (Lipinski definition) is 3. The van der Waals surface area contributed by atoms with Crippen LogP contribution in [0.1, 0.15) is 44.3 Å². The molecule has 0 amide bonds. The van der Waals surface area contributed by atoms with Crippen LogP contribution in [0.2, 0.25) is 0 Å². The van der Waals surface area contributed by atoms with Crippen LogP contribution in [0.25, 0.3) is 0 Å². The first-order valence-electron chi connectivity index (χ1n) is 6.19. The second kappa shape index (κ2) is 5.80. The monoisotopic (exact) mass is 239 g/mol. The van der Waals surface area contributed by atoms with Gasteiger partial charge in [0.05, 0.1) is 6.10 Å². The normalized spacial score (nSPS) is 27.9. The number of hydrogen-bond donors (Lipinski definition) is 2. The van der Waals surface area contributed by atoms with Crippen molar-refractivity contribution >= 4 is 11.3 Å². The first-order chi connectivity index (χ1) is 7.75. The fourth-order valence-electron chi connectivity index (χ4n) is 2.48. The maximum Gasteiger partial charge on any atom is 0.0922 e. The third-order valence-corrected chi connectivity index (χ3v) is 4.17. The Bertz CT molecular complexity index is 299. The van der Waals surface area contributed by atoms with E-state index in [0.717, 1.165) is 11.5 Å². The van der Waals surface area contributed by atoms with E-state index in [0.29, 0.717) is 12.6 Å². The molecule has 2 N–H and O–H groups in total. The Kier molecular flexibility index (Phi) is 4.38. The third-order valence-electron chi connectivity index (χ3n) is 3.46. The van der Waals surface area contributed by atoms with Crippen molar-refractivity contribution in [1.29, 1.82) is 0 Å². The molecule has 1 aliphatic carbocycles. The minimum Gasteiger partial charge on any atom is -0.387 e. The van der Waals surface area contributed by atoms with E-state index in [4.69, 9.17) is 0 Å². The molecule has 0 spiro atoms. The molecule has 1 aromatic rings. The molecule has 2 rings (SSSR count). The lowest BCUT2D eigenvalue weighted by Crippen LogP contribution is -2.36. The van der Waals surface area contributed by atoms with E-state index in [1.807, 2.05) is 16.8 Å². The summed E-state index contributed by atoms with van der Waals surface area (Å²) in [4.78, 5) is 0. The highest BCUT2D eigenvalue weighted by atomic mass is 32.1. The molecule has 3 atom stereocenters. The smallest absolute Gasteiger partial charge is 0.0922 e. The number of aliphatic hydroxyl groups is 1. The van der Waals surface area contributed by atoms with Gasteiger partial charge in [-0.25, -0.2) is 0 Å². The minimum atomic E-state index is -0.344. The molecule has 0 aromatic carbocycles. The Morgan fingerprint density at radius 3 is 3.12 bits per heavy atom. The van der Waals surface area contributed by atoms with Crippen LogP contribution in [0.5, 0.6) is 0 Å². The number of aliphatic hydroxyl groups excluding tert-OH is 1. The van der Waals surface area contributed by atoms with Crippen LogP contribution in [0.4, 0.5) is 0 Å². The Hall–Kier alpha value is -0.380. The lowest BCUT2D eigenvalue weighted by atomic mass is 9.87. The van der Waals surface area contributed by atoms with Gasteiger partial charge >= 0.3 is 0 Å². The molecule has 1 aliphatic rings. The molecule has 1 fully saturated rings. The quantitative estimate of drug-likeness (QED) is 0.846. The molecule has 2 nitrogen and oxygen atoms in total. The summed E-state index contributed by atoms with van der Waals surface area (Å²) in [5, 5.41) is 17.5. The highest BCUT2D eigenvalue weighted by Crippen LogP contribution is 2.24. The molecule has 90 valence electrons. The summed E-state index contributed by atoms with van der Waals surface area (Å²) in [7, 11) is 0. The average molecular weight is 239 g/mol. The van der Waals surface area contributed by atoms with E-state index in [-0.39, 0.29) is 6.10 Å². The van der Waals surface area contributed by atoms with Gasteiger partial charge in [-0.2, -0.15) is 11.3 Å². The van der Waals surface area contributed by atoms with Crippen LogP contribution in [0, 0.1) is 5.92 Å². The summed E-state index contributed by atoms with van der Waals surface area (Å²) >= 11 is 1.64. The van der Waals surface area contributed by atoms with Crippen LogP contribution in [-0.4, -0.2) is 17.7 Å². The van der Waals surface area contributed by atoms with Crippen molar-refractivity contribution in [3.8, 4) is 0 Å². The zero-order chi connectivity index (χ0) is 11.4. The average Bonchev–Trinajstić information content (AvgIpc) is 2.79. The van der Waals surface area contributed by atoms with E-state index < -0.39 is 0 Å². The van der Waals surface area contributed by atoms with Crippen LogP contribution in [0.3, 0.4) is 0 Å². The molecule has 0 bridgehead atoms. The Balaban J connectivity index is 1.74. The Labute approximate surface area is 102 Å². The predicted octanol–water partition coefficient (Wildman–Crippen LogP) is 2.95. The van der Waals surface area contributed by atoms with Crippen molar-refractivity contribution < 1.29 is 5.11 Å². The van der Waals surface area contributed by atoms with Gasteiger partial charge in [-0.3, -0.25) is 0 Å². The maximum atomic E-state index is 9.95. The second-order valence-electron chi connectivity index (χ2n) is 4.95. The Morgan fingerprint density at radius 1 is 1.56 bits per heavy atom. The summed E-state index contributed by atoms with van der Waals surface area (Å²) in [5.74, 6) is 0.838. The largest absolute Gasteiger partial charge is 0.387 e. The highest BCUT2D eigenvalue weighted by molar-refractivity contribution is 7.07. The summed E-state index contributed by atoms with van der Waals surface area (Å²) in [6.45, 7) is 3.01. The molecule has 1 heterocycles. The van der Waals surface area contributed by atoms with E-state index in [2.05, 4.69) is 12.2 Å². The fraction of sp³-hybridized carbons (Fsp3) is 0.692. The lowest BCUT2D eigenvalue weighted by Gasteiger charge is -2.28. The molecule has 3 heteroatoms. The van der Waals surface area contributed by atoms with Gasteiger partial charge in [0.15, 0.2) is 0 Å². The summed E-state index contributed by atoms with van der Waals surface area (Å²) < 4.78 is 0. The topological polar surface area (TPSA) is 32.3 Å². The lowest BCUT2D eigenvalue weighted by molar-refractivity contribution is 0.162. The van der Waals surface area contributed by atoms with Gasteiger partial charge in [-0.15, -0.1) is 0 Å². The van der Waals surface area contributed by atoms with Crippen molar-refractivity contribution in [3.05, 3.63) is 22.4 Å². The molecule has 1 saturated carbocycles. The van der Waals surface area contributed by atoms with Crippen LogP contribution < -0.4 is 5.32 Å². The maximum absolute atomic E-state index is 9.95. The fourth-order valence-corrected chi connectivity index (χ4v) is 3.19. The minimum absolute atomic E-state index is 0.344. The standard InChI is InChI=1S/C13H21NOS/c1-10-3-2-4-12(7-10)14-8-13(15)11-5-6-16-9-11/h5-6,9-10,12-15H,2-4,7-8H2,1H3. The van der Waals surface area contributed by atoms with E-state index in [1.54, 1.807) is 11.3 Å². The SMILES string of the molecule is CC1CCCC(NCC(O)c2ccsc2)C1. The zero-order valence-electron chi connectivity index (χ0n) is 9.86. The van der Waals surface area contributed by atoms with Crippen molar-refractivity contribution in [2.75, 3.05) is 6.54 Å². The molecule has 1 aromatic heterocycles. The van der Waals surface area contributed by atoms with Crippen LogP contribution in [-0.2, 0) is 0 Å². The molecule has 0 saturated heterocycles. The van der Waals surface area contributed by atoms with Gasteiger partial charge in [-0.05, 0) is 41.1 Å². The number of nitrogens with one attached hydrogen (secondary N) is 1. The molecular weight excluding hydrogens is 218 g/mol. The Morgan fingerprint density at radius 2 is 2.44 bits per heavy atom. The molecule has 3 unspecified atom stereocenters. The van der Waals surface area contributed by atoms with E-state index in [9.17, 15) is 5.11 Å². The molecule has 0 aliphatic heterocycles. The van der Waals surface area contributed by atoms with Gasteiger partial charge in [-0.1, -0.05) is 19.8 Å². The number of rotatable bonds is 4. The van der Waals surface area contributed by atoms with Gasteiger partial charge < -0.3 is 10.4 Å². The second-order valence-corrected chi connectivity index (χ2v) is 5.73. The summed E-state index contributed by atoms with van der Waals surface area (Å²) in [6.07, 6.45) is 4.87. The van der Waals surface area contributed by atoms with Crippen molar-refractivity contribution in [1.82, 2.24) is 5.32 Å². The highest BCUT2D eigenvalue weighted by Gasteiger charge is 2.19. The van der Waals surface area contributed by atoms with Crippen molar-refractivity contribution in [2.45, 2.75) is 44.8 Å². The van der Waals surface area contributed by atoms with E-state index in [1.165, 1.54) is 25.7 Å². The van der Waals surface area contributed by atoms with Gasteiger partial charge in [0.25, 0.3) is 0 Å². The van der Waals surface area contributed by atoms with Crippen LogP contribution >= 0.6 is 11.3 Å². The van der Waals surface area contributed by atoms with Gasteiger partial charge in [0.2, 0.25) is 0 Å². The van der Waals surface area contributed by atoms with Crippen LogP contribution in [0.15, 0.2) is 16.8 Å². The van der Waals surface area contributed by atoms with Crippen molar-refractivity contribution in [2.24, 2.45) is 5.92 Å². The molecular formula is C13H21NOS. The van der Waals surface area contributed by atoms with Gasteiger partial charge in [0.1, 0.15) is 0 Å². The first kappa shape index (κ1) is 12.1. The predicted molar refractivity (Wildman–Crippen MR) is 68.7 cm³/mol. The number of thiophene rings is 1.